The number of carbonyl (C=O) groups is 1. The van der Waals surface area contributed by atoms with Crippen LogP contribution in [-0.2, 0) is 0 Å². The van der Waals surface area contributed by atoms with Crippen LogP contribution in [-0.4, -0.2) is 38.8 Å². The molecule has 1 aliphatic rings. The van der Waals surface area contributed by atoms with Gasteiger partial charge in [0, 0.05) is 36.8 Å². The quantitative estimate of drug-likeness (QED) is 0.906. The fraction of sp³-hybridized carbons (Fsp3) is 0.385. The summed E-state index contributed by atoms with van der Waals surface area (Å²) in [5, 5.41) is 2.56. The third-order valence-corrected chi connectivity index (χ3v) is 4.14. The zero-order valence-corrected chi connectivity index (χ0v) is 11.7. The maximum atomic E-state index is 12.4. The summed E-state index contributed by atoms with van der Waals surface area (Å²) in [5.41, 5.74) is 7.06. The summed E-state index contributed by atoms with van der Waals surface area (Å²) in [5.74, 6) is 0.198. The van der Waals surface area contributed by atoms with Gasteiger partial charge in [-0.3, -0.25) is 9.78 Å². The first-order chi connectivity index (χ1) is 9.74. The molecule has 3 heterocycles. The molecule has 1 fully saturated rings. The SMILES string of the molecule is Nc1nc(C2CCCN(C(=O)c3cnccn3)C2)cs1. The summed E-state index contributed by atoms with van der Waals surface area (Å²) in [4.78, 5) is 26.5. The molecule has 6 nitrogen and oxygen atoms in total. The van der Waals surface area contributed by atoms with Gasteiger partial charge in [-0.05, 0) is 12.8 Å². The van der Waals surface area contributed by atoms with Crippen LogP contribution in [0.15, 0.2) is 24.0 Å². The minimum absolute atomic E-state index is 0.0639. The summed E-state index contributed by atoms with van der Waals surface area (Å²) in [6, 6.07) is 0. The van der Waals surface area contributed by atoms with E-state index >= 15 is 0 Å². The fourth-order valence-corrected chi connectivity index (χ4v) is 3.11. The maximum Gasteiger partial charge on any atom is 0.274 e. The molecule has 1 aliphatic heterocycles. The summed E-state index contributed by atoms with van der Waals surface area (Å²) in [7, 11) is 0. The van der Waals surface area contributed by atoms with Crippen molar-refractivity contribution < 1.29 is 4.79 Å². The van der Waals surface area contributed by atoms with E-state index in [-0.39, 0.29) is 11.8 Å². The number of carbonyl (C=O) groups excluding carboxylic acids is 1. The van der Waals surface area contributed by atoms with E-state index in [9.17, 15) is 4.79 Å². The van der Waals surface area contributed by atoms with E-state index in [1.807, 2.05) is 10.3 Å². The Hall–Kier alpha value is -2.02. The molecule has 0 spiro atoms. The predicted octanol–water partition coefficient (Wildman–Crippen LogP) is 1.54. The van der Waals surface area contributed by atoms with Crippen molar-refractivity contribution in [3.8, 4) is 0 Å². The average Bonchev–Trinajstić information content (AvgIpc) is 2.94. The number of piperidine rings is 1. The Bertz CT molecular complexity index is 600. The van der Waals surface area contributed by atoms with E-state index < -0.39 is 0 Å². The van der Waals surface area contributed by atoms with Crippen molar-refractivity contribution in [1.82, 2.24) is 19.9 Å². The van der Waals surface area contributed by atoms with Gasteiger partial charge >= 0.3 is 0 Å². The Morgan fingerprint density at radius 1 is 1.45 bits per heavy atom. The summed E-state index contributed by atoms with van der Waals surface area (Å²) in [6.07, 6.45) is 6.61. The molecule has 1 saturated heterocycles. The van der Waals surface area contributed by atoms with Gasteiger partial charge in [0.25, 0.3) is 5.91 Å². The van der Waals surface area contributed by atoms with Crippen LogP contribution in [0.1, 0.15) is 34.9 Å². The normalized spacial score (nSPS) is 19.0. The van der Waals surface area contributed by atoms with Crippen molar-refractivity contribution in [2.75, 3.05) is 18.8 Å². The number of anilines is 1. The molecule has 3 rings (SSSR count). The average molecular weight is 289 g/mol. The van der Waals surface area contributed by atoms with Crippen molar-refractivity contribution in [2.45, 2.75) is 18.8 Å². The number of nitrogens with zero attached hydrogens (tertiary/aromatic N) is 4. The molecule has 0 bridgehead atoms. The second kappa shape index (κ2) is 5.54. The van der Waals surface area contributed by atoms with Crippen LogP contribution in [0.25, 0.3) is 0 Å². The van der Waals surface area contributed by atoms with E-state index in [4.69, 9.17) is 5.73 Å². The zero-order chi connectivity index (χ0) is 13.9. The van der Waals surface area contributed by atoms with Crippen LogP contribution in [0, 0.1) is 0 Å². The highest BCUT2D eigenvalue weighted by Gasteiger charge is 2.27. The molecule has 1 amide bonds. The van der Waals surface area contributed by atoms with Crippen LogP contribution in [0.2, 0.25) is 0 Å². The molecule has 0 saturated carbocycles. The van der Waals surface area contributed by atoms with Gasteiger partial charge in [-0.1, -0.05) is 0 Å². The van der Waals surface area contributed by atoms with Crippen LogP contribution < -0.4 is 5.73 Å². The number of likely N-dealkylation sites (tertiary alicyclic amines) is 1. The van der Waals surface area contributed by atoms with Crippen LogP contribution in [0.3, 0.4) is 0 Å². The topological polar surface area (TPSA) is 85.0 Å². The molecule has 20 heavy (non-hydrogen) atoms. The van der Waals surface area contributed by atoms with E-state index in [2.05, 4.69) is 15.0 Å². The minimum Gasteiger partial charge on any atom is -0.375 e. The van der Waals surface area contributed by atoms with Gasteiger partial charge in [0.15, 0.2) is 5.13 Å². The molecular formula is C13H15N5OS. The number of rotatable bonds is 2. The summed E-state index contributed by atoms with van der Waals surface area (Å²) < 4.78 is 0. The van der Waals surface area contributed by atoms with Crippen LogP contribution in [0.4, 0.5) is 5.13 Å². The second-order valence-corrected chi connectivity index (χ2v) is 5.68. The number of hydrogen-bond donors (Lipinski definition) is 1. The van der Waals surface area contributed by atoms with Crippen molar-refractivity contribution in [3.63, 3.8) is 0 Å². The number of nitrogen functional groups attached to an aromatic ring is 1. The monoisotopic (exact) mass is 289 g/mol. The molecule has 0 aliphatic carbocycles. The van der Waals surface area contributed by atoms with Gasteiger partial charge in [0.1, 0.15) is 5.69 Å². The molecular weight excluding hydrogens is 274 g/mol. The first-order valence-corrected chi connectivity index (χ1v) is 7.38. The van der Waals surface area contributed by atoms with Gasteiger partial charge in [0.2, 0.25) is 0 Å². The predicted molar refractivity (Wildman–Crippen MR) is 76.4 cm³/mol. The highest BCUT2D eigenvalue weighted by molar-refractivity contribution is 7.13. The third kappa shape index (κ3) is 2.62. The smallest absolute Gasteiger partial charge is 0.274 e. The highest BCUT2D eigenvalue weighted by atomic mass is 32.1. The van der Waals surface area contributed by atoms with Crippen LogP contribution in [0.5, 0.6) is 0 Å². The molecule has 7 heteroatoms. The molecule has 1 atom stereocenters. The minimum atomic E-state index is -0.0639. The fourth-order valence-electron chi connectivity index (χ4n) is 2.46. The molecule has 104 valence electrons. The number of amides is 1. The molecule has 0 aromatic carbocycles. The van der Waals surface area contributed by atoms with Gasteiger partial charge in [0.05, 0.1) is 11.9 Å². The zero-order valence-electron chi connectivity index (χ0n) is 10.9. The Morgan fingerprint density at radius 2 is 2.35 bits per heavy atom. The first-order valence-electron chi connectivity index (χ1n) is 6.50. The lowest BCUT2D eigenvalue weighted by molar-refractivity contribution is 0.0699. The standard InChI is InChI=1S/C13H15N5OS/c14-13-17-11(8-20-13)9-2-1-5-18(7-9)12(19)10-6-15-3-4-16-10/h3-4,6,8-9H,1-2,5,7H2,(H2,14,17). The lowest BCUT2D eigenvalue weighted by Gasteiger charge is -2.31. The van der Waals surface area contributed by atoms with Crippen molar-refractivity contribution in [2.24, 2.45) is 0 Å². The number of aromatic nitrogens is 3. The molecule has 2 aromatic rings. The van der Waals surface area contributed by atoms with E-state index in [0.29, 0.717) is 17.4 Å². The van der Waals surface area contributed by atoms with E-state index in [1.54, 1.807) is 6.20 Å². The molecule has 1 unspecified atom stereocenters. The van der Waals surface area contributed by atoms with E-state index in [1.165, 1.54) is 23.7 Å². The van der Waals surface area contributed by atoms with Gasteiger partial charge in [-0.25, -0.2) is 9.97 Å². The summed E-state index contributed by atoms with van der Waals surface area (Å²) >= 11 is 1.44. The molecule has 0 radical (unpaired) electrons. The van der Waals surface area contributed by atoms with Crippen molar-refractivity contribution in [1.29, 1.82) is 0 Å². The first kappa shape index (κ1) is 13.0. The van der Waals surface area contributed by atoms with Crippen molar-refractivity contribution in [3.05, 3.63) is 35.4 Å². The highest BCUT2D eigenvalue weighted by Crippen LogP contribution is 2.29. The second-order valence-electron chi connectivity index (χ2n) is 4.79. The number of hydrogen-bond acceptors (Lipinski definition) is 6. The van der Waals surface area contributed by atoms with E-state index in [0.717, 1.165) is 25.1 Å². The Labute approximate surface area is 120 Å². The Morgan fingerprint density at radius 3 is 3.05 bits per heavy atom. The van der Waals surface area contributed by atoms with Gasteiger partial charge in [-0.2, -0.15) is 0 Å². The van der Waals surface area contributed by atoms with Crippen molar-refractivity contribution >= 4 is 22.4 Å². The molecule has 2 N–H and O–H groups in total. The maximum absolute atomic E-state index is 12.4. The number of nitrogens with two attached hydrogens (primary N) is 1. The Kier molecular flexibility index (Phi) is 3.60. The van der Waals surface area contributed by atoms with Gasteiger partial charge in [-0.15, -0.1) is 11.3 Å². The van der Waals surface area contributed by atoms with Gasteiger partial charge < -0.3 is 10.6 Å². The third-order valence-electron chi connectivity index (χ3n) is 3.45. The molecule has 2 aromatic heterocycles. The lowest BCUT2D eigenvalue weighted by atomic mass is 9.95. The Balaban J connectivity index is 1.74. The number of thiazole rings is 1. The lowest BCUT2D eigenvalue weighted by Crippen LogP contribution is -2.39. The van der Waals surface area contributed by atoms with Crippen LogP contribution >= 0.6 is 11.3 Å². The largest absolute Gasteiger partial charge is 0.375 e. The summed E-state index contributed by atoms with van der Waals surface area (Å²) in [6.45, 7) is 1.42.